The zero-order chi connectivity index (χ0) is 28.2. The predicted molar refractivity (Wildman–Crippen MR) is 156 cm³/mol. The normalized spacial score (nSPS) is 16.6. The second-order valence-electron chi connectivity index (χ2n) is 9.21. The van der Waals surface area contributed by atoms with Crippen LogP contribution >= 0.6 is 22.9 Å². The molecule has 1 aliphatic rings. The summed E-state index contributed by atoms with van der Waals surface area (Å²) in [5, 5.41) is 12.2. The summed E-state index contributed by atoms with van der Waals surface area (Å²) < 4.78 is 12.7. The summed E-state index contributed by atoms with van der Waals surface area (Å²) in [6, 6.07) is 12.8. The molecule has 4 aromatic rings. The van der Waals surface area contributed by atoms with Crippen molar-refractivity contribution >= 4 is 55.7 Å². The molecule has 5 rings (SSSR count). The number of thiazole rings is 1. The molecule has 10 heteroatoms. The van der Waals surface area contributed by atoms with Crippen LogP contribution in [0.4, 0.5) is 5.13 Å². The molecule has 1 amide bonds. The monoisotopic (exact) mass is 577 g/mol. The number of amides is 1. The summed E-state index contributed by atoms with van der Waals surface area (Å²) in [5.74, 6) is -0.835. The Morgan fingerprint density at radius 2 is 1.82 bits per heavy atom. The van der Waals surface area contributed by atoms with Gasteiger partial charge in [0.1, 0.15) is 5.76 Å². The Hall–Kier alpha value is -3.95. The van der Waals surface area contributed by atoms with Gasteiger partial charge in [-0.2, -0.15) is 0 Å². The van der Waals surface area contributed by atoms with Gasteiger partial charge in [0.25, 0.3) is 5.78 Å². The maximum Gasteiger partial charge on any atom is 0.301 e. The Bertz CT molecular complexity index is 1590. The van der Waals surface area contributed by atoms with Crippen LogP contribution in [0, 0.1) is 0 Å². The number of benzene rings is 2. The number of hydrogen-bond acceptors (Lipinski definition) is 8. The van der Waals surface area contributed by atoms with Crippen LogP contribution in [0.2, 0.25) is 5.02 Å². The van der Waals surface area contributed by atoms with Crippen LogP contribution in [0.25, 0.3) is 16.0 Å². The number of ether oxygens (including phenoxy) is 2. The fraction of sp³-hybridized carbons (Fsp3) is 0.267. The molecule has 1 unspecified atom stereocenters. The van der Waals surface area contributed by atoms with Crippen LogP contribution in [-0.4, -0.2) is 40.0 Å². The summed E-state index contributed by atoms with van der Waals surface area (Å²) in [7, 11) is 0. The maximum absolute atomic E-state index is 13.6. The fourth-order valence-electron chi connectivity index (χ4n) is 4.62. The highest BCUT2D eigenvalue weighted by molar-refractivity contribution is 7.22. The van der Waals surface area contributed by atoms with E-state index in [-0.39, 0.29) is 11.3 Å². The summed E-state index contributed by atoms with van der Waals surface area (Å²) >= 11 is 7.43. The third kappa shape index (κ3) is 5.39. The van der Waals surface area contributed by atoms with Gasteiger partial charge >= 0.3 is 5.91 Å². The molecule has 0 spiro atoms. The Morgan fingerprint density at radius 1 is 1.02 bits per heavy atom. The number of aromatic nitrogens is 2. The third-order valence-electron chi connectivity index (χ3n) is 6.53. The van der Waals surface area contributed by atoms with Gasteiger partial charge in [-0.1, -0.05) is 48.8 Å². The van der Waals surface area contributed by atoms with E-state index in [1.54, 1.807) is 48.5 Å². The lowest BCUT2D eigenvalue weighted by Crippen LogP contribution is -2.29. The van der Waals surface area contributed by atoms with E-state index in [1.807, 2.05) is 6.92 Å². The lowest BCUT2D eigenvalue weighted by Gasteiger charge is -2.24. The molecule has 3 heterocycles. The number of aliphatic hydroxyl groups is 1. The predicted octanol–water partition coefficient (Wildman–Crippen LogP) is 6.94. The molecule has 1 fully saturated rings. The molecule has 40 heavy (non-hydrogen) atoms. The average molecular weight is 578 g/mol. The highest BCUT2D eigenvalue weighted by Gasteiger charge is 2.48. The second-order valence-corrected chi connectivity index (χ2v) is 10.7. The summed E-state index contributed by atoms with van der Waals surface area (Å²) in [5.41, 5.74) is 1.53. The van der Waals surface area contributed by atoms with Gasteiger partial charge in [0.2, 0.25) is 0 Å². The van der Waals surface area contributed by atoms with Crippen LogP contribution in [0.5, 0.6) is 11.5 Å². The smallest absolute Gasteiger partial charge is 0.301 e. The van der Waals surface area contributed by atoms with Crippen LogP contribution in [0.15, 0.2) is 66.5 Å². The quantitative estimate of drug-likeness (QED) is 0.0942. The van der Waals surface area contributed by atoms with E-state index >= 15 is 0 Å². The number of halogens is 1. The third-order valence-corrected chi connectivity index (χ3v) is 7.78. The van der Waals surface area contributed by atoms with E-state index in [9.17, 15) is 14.7 Å². The van der Waals surface area contributed by atoms with Crippen molar-refractivity contribution in [3.8, 4) is 11.5 Å². The number of pyridine rings is 1. The first-order valence-corrected chi connectivity index (χ1v) is 14.3. The minimum atomic E-state index is -0.961. The van der Waals surface area contributed by atoms with Gasteiger partial charge in [-0.3, -0.25) is 19.5 Å². The number of carbonyl (C=O) groups excluding carboxylic acids is 2. The topological polar surface area (TPSA) is 102 Å². The maximum atomic E-state index is 13.6. The van der Waals surface area contributed by atoms with Crippen molar-refractivity contribution in [3.05, 3.63) is 82.6 Å². The average Bonchev–Trinajstić information content (AvgIpc) is 3.49. The highest BCUT2D eigenvalue weighted by atomic mass is 35.5. The van der Waals surface area contributed by atoms with Crippen LogP contribution in [0.3, 0.4) is 0 Å². The van der Waals surface area contributed by atoms with Gasteiger partial charge in [-0.05, 0) is 61.4 Å². The molecule has 0 bridgehead atoms. The van der Waals surface area contributed by atoms with Gasteiger partial charge in [0.05, 0.1) is 35.0 Å². The number of hydrogen-bond donors (Lipinski definition) is 1. The molecule has 0 aliphatic carbocycles. The molecule has 2 aromatic carbocycles. The van der Waals surface area contributed by atoms with Gasteiger partial charge in [-0.15, -0.1) is 0 Å². The van der Waals surface area contributed by atoms with Crippen molar-refractivity contribution in [1.82, 2.24) is 9.97 Å². The lowest BCUT2D eigenvalue weighted by atomic mass is 9.95. The molecular formula is C30H28ClN3O5S. The number of nitrogens with zero attached hydrogens (tertiary/aromatic N) is 3. The molecular weight excluding hydrogens is 550 g/mol. The number of unbranched alkanes of at least 4 members (excludes halogenated alkanes) is 2. The van der Waals surface area contributed by atoms with E-state index in [2.05, 4.69) is 16.9 Å². The van der Waals surface area contributed by atoms with Crippen LogP contribution in [-0.2, 0) is 9.59 Å². The minimum Gasteiger partial charge on any atom is -0.507 e. The summed E-state index contributed by atoms with van der Waals surface area (Å²) in [6.07, 6.45) is 6.06. The van der Waals surface area contributed by atoms with Gasteiger partial charge in [0, 0.05) is 23.0 Å². The molecule has 1 aliphatic heterocycles. The zero-order valence-electron chi connectivity index (χ0n) is 22.1. The summed E-state index contributed by atoms with van der Waals surface area (Å²) in [6.45, 7) is 4.94. The number of Topliss-reactive ketones (excluding diaryl/α,β-unsaturated/α-hetero) is 1. The molecule has 8 nitrogen and oxygen atoms in total. The number of fused-ring (bicyclic) bond motifs is 1. The molecule has 2 aromatic heterocycles. The molecule has 1 saturated heterocycles. The van der Waals surface area contributed by atoms with E-state index in [0.29, 0.717) is 51.5 Å². The zero-order valence-corrected chi connectivity index (χ0v) is 23.7. The van der Waals surface area contributed by atoms with Crippen molar-refractivity contribution in [2.24, 2.45) is 0 Å². The van der Waals surface area contributed by atoms with Crippen molar-refractivity contribution in [3.63, 3.8) is 0 Å². The van der Waals surface area contributed by atoms with E-state index in [1.165, 1.54) is 28.6 Å². The minimum absolute atomic E-state index is 0.0486. The van der Waals surface area contributed by atoms with E-state index in [4.69, 9.17) is 21.1 Å². The Kier molecular flexibility index (Phi) is 8.32. The Morgan fingerprint density at radius 3 is 2.58 bits per heavy atom. The standard InChI is InChI=1S/C30H28ClN3O5S/c1-3-5-6-15-39-22-10-7-19(16-23(22)38-4-2)26-25(27(35)18-11-13-32-14-12-18)28(36)29(37)34(26)30-33-21-9-8-20(31)17-24(21)40-30/h7-14,16-17,26,35H,3-6,15H2,1-2H3/b27-25+. The fourth-order valence-corrected chi connectivity index (χ4v) is 5.88. The van der Waals surface area contributed by atoms with Crippen LogP contribution < -0.4 is 14.4 Å². The van der Waals surface area contributed by atoms with E-state index < -0.39 is 17.7 Å². The first kappa shape index (κ1) is 27.6. The molecule has 0 radical (unpaired) electrons. The molecule has 206 valence electrons. The number of carbonyl (C=O) groups is 2. The summed E-state index contributed by atoms with van der Waals surface area (Å²) in [4.78, 5) is 37.0. The van der Waals surface area contributed by atoms with E-state index in [0.717, 1.165) is 24.0 Å². The second kappa shape index (κ2) is 12.1. The highest BCUT2D eigenvalue weighted by Crippen LogP contribution is 2.46. The number of anilines is 1. The largest absolute Gasteiger partial charge is 0.507 e. The first-order chi connectivity index (χ1) is 19.4. The van der Waals surface area contributed by atoms with Crippen molar-refractivity contribution in [2.45, 2.75) is 39.2 Å². The van der Waals surface area contributed by atoms with Crippen LogP contribution in [0.1, 0.15) is 50.3 Å². The number of aliphatic hydroxyl groups excluding tert-OH is 1. The van der Waals surface area contributed by atoms with Gasteiger partial charge in [-0.25, -0.2) is 4.98 Å². The first-order valence-electron chi connectivity index (χ1n) is 13.1. The Balaban J connectivity index is 1.65. The molecule has 0 saturated carbocycles. The van der Waals surface area contributed by atoms with Crippen molar-refractivity contribution in [2.75, 3.05) is 18.1 Å². The molecule has 1 atom stereocenters. The van der Waals surface area contributed by atoms with Gasteiger partial charge < -0.3 is 14.6 Å². The number of ketones is 1. The van der Waals surface area contributed by atoms with Gasteiger partial charge in [0.15, 0.2) is 16.6 Å². The lowest BCUT2D eigenvalue weighted by molar-refractivity contribution is -0.132. The van der Waals surface area contributed by atoms with Crippen molar-refractivity contribution < 1.29 is 24.2 Å². The number of rotatable bonds is 10. The Labute approximate surface area is 240 Å². The SMILES string of the molecule is CCCCCOc1ccc(C2/C(=C(\O)c3ccncc3)C(=O)C(=O)N2c2nc3ccc(Cl)cc3s2)cc1OCC. The molecule has 1 N–H and O–H groups in total. The van der Waals surface area contributed by atoms with Crippen molar-refractivity contribution in [1.29, 1.82) is 0 Å².